The van der Waals surface area contributed by atoms with E-state index in [4.69, 9.17) is 9.84 Å². The van der Waals surface area contributed by atoms with Crippen molar-refractivity contribution in [3.05, 3.63) is 23.8 Å². The number of anilines is 1. The van der Waals surface area contributed by atoms with Gasteiger partial charge in [0, 0.05) is 7.05 Å². The average Bonchev–Trinajstić information content (AvgIpc) is 2.51. The van der Waals surface area contributed by atoms with Crippen LogP contribution in [0.1, 0.15) is 25.8 Å². The molecule has 0 heterocycles. The number of aliphatic hydroxyl groups excluding tert-OH is 1. The number of carbonyl (C=O) groups excluding carboxylic acids is 1. The van der Waals surface area contributed by atoms with Crippen LogP contribution in [0, 0.1) is 0 Å². The summed E-state index contributed by atoms with van der Waals surface area (Å²) in [6.07, 6.45) is -3.84. The van der Waals surface area contributed by atoms with Crippen molar-refractivity contribution in [2.24, 2.45) is 0 Å². The summed E-state index contributed by atoms with van der Waals surface area (Å²) in [7, 11) is 1.44. The number of amides is 2. The summed E-state index contributed by atoms with van der Waals surface area (Å²) in [5.41, 5.74) is -0.940. The fourth-order valence-corrected chi connectivity index (χ4v) is 1.67. The van der Waals surface area contributed by atoms with Gasteiger partial charge in [-0.15, -0.1) is 0 Å². The largest absolute Gasteiger partial charge is 0.491 e. The second-order valence-corrected chi connectivity index (χ2v) is 5.13. The summed E-state index contributed by atoms with van der Waals surface area (Å²) in [5.74, 6) is 0.165. The summed E-state index contributed by atoms with van der Waals surface area (Å²) in [5, 5.41) is 11.4. The topological polar surface area (TPSA) is 61.8 Å². The molecule has 1 aromatic rings. The van der Waals surface area contributed by atoms with Gasteiger partial charge in [0.2, 0.25) is 0 Å². The smallest absolute Gasteiger partial charge is 0.416 e. The molecule has 5 nitrogen and oxygen atoms in total. The molecule has 1 aromatic carbocycles. The van der Waals surface area contributed by atoms with Crippen molar-refractivity contribution < 1.29 is 27.8 Å². The summed E-state index contributed by atoms with van der Waals surface area (Å²) >= 11 is 0. The van der Waals surface area contributed by atoms with Crippen LogP contribution in [0.3, 0.4) is 0 Å². The average molecular weight is 334 g/mol. The number of aliphatic hydroxyl groups is 1. The summed E-state index contributed by atoms with van der Waals surface area (Å²) in [4.78, 5) is 13.3. The summed E-state index contributed by atoms with van der Waals surface area (Å²) < 4.78 is 43.9. The van der Waals surface area contributed by atoms with Gasteiger partial charge in [0.15, 0.2) is 0 Å². The number of nitrogens with one attached hydrogen (secondary N) is 1. The Kier molecular flexibility index (Phi) is 6.68. The van der Waals surface area contributed by atoms with Crippen molar-refractivity contribution in [3.8, 4) is 5.75 Å². The normalized spacial score (nSPS) is 12.7. The van der Waals surface area contributed by atoms with E-state index in [0.717, 1.165) is 12.1 Å². The highest BCUT2D eigenvalue weighted by molar-refractivity contribution is 5.91. The van der Waals surface area contributed by atoms with Crippen LogP contribution in [-0.4, -0.2) is 42.3 Å². The third-order valence-electron chi connectivity index (χ3n) is 3.26. The number of alkyl halides is 3. The highest BCUT2D eigenvalue weighted by Gasteiger charge is 2.31. The predicted molar refractivity (Wildman–Crippen MR) is 80.6 cm³/mol. The van der Waals surface area contributed by atoms with Crippen LogP contribution < -0.4 is 10.1 Å². The van der Waals surface area contributed by atoms with Gasteiger partial charge >= 0.3 is 12.2 Å². The van der Waals surface area contributed by atoms with Crippen LogP contribution in [0.25, 0.3) is 0 Å². The Balaban J connectivity index is 3.06. The monoisotopic (exact) mass is 334 g/mol. The molecular formula is C15H21F3N2O3. The molecule has 130 valence electrons. The lowest BCUT2D eigenvalue weighted by atomic mass is 10.1. The zero-order chi connectivity index (χ0) is 17.6. The number of hydrogen-bond donors (Lipinski definition) is 2. The van der Waals surface area contributed by atoms with Gasteiger partial charge in [0.05, 0.1) is 30.5 Å². The molecule has 0 radical (unpaired) electrons. The number of benzene rings is 1. The molecule has 0 saturated heterocycles. The van der Waals surface area contributed by atoms with Gasteiger partial charge < -0.3 is 20.1 Å². The van der Waals surface area contributed by atoms with E-state index >= 15 is 0 Å². The van der Waals surface area contributed by atoms with Crippen molar-refractivity contribution in [2.45, 2.75) is 32.5 Å². The molecule has 2 N–H and O–H groups in total. The van der Waals surface area contributed by atoms with E-state index < -0.39 is 23.8 Å². The molecule has 1 atom stereocenters. The lowest BCUT2D eigenvalue weighted by Gasteiger charge is -2.24. The number of rotatable bonds is 6. The number of urea groups is 1. The minimum absolute atomic E-state index is 0.0599. The number of carbonyl (C=O) groups is 1. The summed E-state index contributed by atoms with van der Waals surface area (Å²) in [6.45, 7) is 3.53. The maximum atomic E-state index is 12.8. The first-order valence-corrected chi connectivity index (χ1v) is 7.19. The van der Waals surface area contributed by atoms with Crippen molar-refractivity contribution in [1.29, 1.82) is 0 Å². The molecular weight excluding hydrogens is 313 g/mol. The molecule has 0 saturated carbocycles. The lowest BCUT2D eigenvalue weighted by Crippen LogP contribution is -2.40. The Hall–Kier alpha value is -1.96. The van der Waals surface area contributed by atoms with Crippen LogP contribution in [0.15, 0.2) is 18.2 Å². The Morgan fingerprint density at radius 1 is 1.43 bits per heavy atom. The maximum Gasteiger partial charge on any atom is 0.416 e. The number of likely N-dealkylation sites (N-methyl/N-ethyl adjacent to an activating group) is 1. The Labute approximate surface area is 133 Å². The predicted octanol–water partition coefficient (Wildman–Crippen LogP) is 3.34. The molecule has 0 aliphatic rings. The van der Waals surface area contributed by atoms with Gasteiger partial charge in [-0.1, -0.05) is 6.92 Å². The molecule has 0 aromatic heterocycles. The van der Waals surface area contributed by atoms with E-state index in [1.807, 2.05) is 6.92 Å². The fraction of sp³-hybridized carbons (Fsp3) is 0.533. The third-order valence-corrected chi connectivity index (χ3v) is 3.26. The van der Waals surface area contributed by atoms with Crippen molar-refractivity contribution in [3.63, 3.8) is 0 Å². The van der Waals surface area contributed by atoms with E-state index in [1.54, 1.807) is 6.92 Å². The minimum atomic E-state index is -4.52. The van der Waals surface area contributed by atoms with Gasteiger partial charge in [0.25, 0.3) is 0 Å². The molecule has 1 rings (SSSR count). The molecule has 23 heavy (non-hydrogen) atoms. The highest BCUT2D eigenvalue weighted by atomic mass is 19.4. The zero-order valence-corrected chi connectivity index (χ0v) is 13.3. The maximum absolute atomic E-state index is 12.8. The second kappa shape index (κ2) is 8.05. The van der Waals surface area contributed by atoms with E-state index in [2.05, 4.69) is 5.32 Å². The standard InChI is InChI=1S/C15H21F3N2O3/c1-4-7-23-13-6-5-11(15(16,17)18)8-12(13)19-14(22)20(3)10(2)9-21/h5-6,8,10,21H,4,7,9H2,1-3H3,(H,19,22). The van der Waals surface area contributed by atoms with Crippen LogP contribution in [0.4, 0.5) is 23.7 Å². The third kappa shape index (κ3) is 5.31. The second-order valence-electron chi connectivity index (χ2n) is 5.13. The minimum Gasteiger partial charge on any atom is -0.491 e. The first-order chi connectivity index (χ1) is 10.7. The molecule has 0 bridgehead atoms. The SMILES string of the molecule is CCCOc1ccc(C(F)(F)F)cc1NC(=O)N(C)C(C)CO. The number of halogens is 3. The number of nitrogens with zero attached hydrogens (tertiary/aromatic N) is 1. The van der Waals surface area contributed by atoms with E-state index in [9.17, 15) is 18.0 Å². The molecule has 1 unspecified atom stereocenters. The van der Waals surface area contributed by atoms with E-state index in [1.165, 1.54) is 18.0 Å². The molecule has 0 aliphatic heterocycles. The number of ether oxygens (including phenoxy) is 1. The van der Waals surface area contributed by atoms with Crippen LogP contribution in [-0.2, 0) is 6.18 Å². The van der Waals surface area contributed by atoms with Gasteiger partial charge in [0.1, 0.15) is 5.75 Å². The Morgan fingerprint density at radius 3 is 2.61 bits per heavy atom. The first kappa shape index (κ1) is 19.1. The van der Waals surface area contributed by atoms with E-state index in [-0.39, 0.29) is 18.0 Å². The molecule has 0 aliphatic carbocycles. The quantitative estimate of drug-likeness (QED) is 0.839. The van der Waals surface area contributed by atoms with Crippen LogP contribution in [0.5, 0.6) is 5.75 Å². The molecule has 2 amide bonds. The molecule has 0 spiro atoms. The van der Waals surface area contributed by atoms with Gasteiger partial charge in [-0.05, 0) is 31.5 Å². The van der Waals surface area contributed by atoms with Crippen molar-refractivity contribution in [2.75, 3.05) is 25.6 Å². The van der Waals surface area contributed by atoms with Gasteiger partial charge in [-0.3, -0.25) is 0 Å². The fourth-order valence-electron chi connectivity index (χ4n) is 1.67. The zero-order valence-electron chi connectivity index (χ0n) is 13.3. The highest BCUT2D eigenvalue weighted by Crippen LogP contribution is 2.35. The molecule has 0 fully saturated rings. The first-order valence-electron chi connectivity index (χ1n) is 7.19. The lowest BCUT2D eigenvalue weighted by molar-refractivity contribution is -0.137. The Bertz CT molecular complexity index is 535. The van der Waals surface area contributed by atoms with Gasteiger partial charge in [-0.2, -0.15) is 13.2 Å². The van der Waals surface area contributed by atoms with E-state index in [0.29, 0.717) is 13.0 Å². The Morgan fingerprint density at radius 2 is 2.09 bits per heavy atom. The van der Waals surface area contributed by atoms with Crippen molar-refractivity contribution in [1.82, 2.24) is 4.90 Å². The summed E-state index contributed by atoms with van der Waals surface area (Å²) in [6, 6.07) is 1.82. The molecule has 8 heteroatoms. The van der Waals surface area contributed by atoms with Crippen molar-refractivity contribution >= 4 is 11.7 Å². The number of hydrogen-bond acceptors (Lipinski definition) is 3. The van der Waals surface area contributed by atoms with Crippen LogP contribution in [0.2, 0.25) is 0 Å². The van der Waals surface area contributed by atoms with Gasteiger partial charge in [-0.25, -0.2) is 4.79 Å². The van der Waals surface area contributed by atoms with Crippen LogP contribution >= 0.6 is 0 Å².